The zero-order chi connectivity index (χ0) is 14.7. The van der Waals surface area contributed by atoms with Crippen molar-refractivity contribution in [1.29, 1.82) is 0 Å². The molecule has 4 heteroatoms. The molecule has 0 aliphatic carbocycles. The Bertz CT molecular complexity index is 735. The van der Waals surface area contributed by atoms with Gasteiger partial charge in [0.1, 0.15) is 11.0 Å². The van der Waals surface area contributed by atoms with Crippen LogP contribution in [0.2, 0.25) is 0 Å². The Morgan fingerprint density at radius 1 is 1.05 bits per heavy atom. The normalized spacial score (nSPS) is 17.7. The van der Waals surface area contributed by atoms with Crippen molar-refractivity contribution in [3.05, 3.63) is 65.7 Å². The Morgan fingerprint density at radius 3 is 2.48 bits per heavy atom. The van der Waals surface area contributed by atoms with Crippen LogP contribution in [0.5, 0.6) is 0 Å². The molecule has 0 unspecified atom stereocenters. The van der Waals surface area contributed by atoms with E-state index in [1.54, 1.807) is 11.8 Å². The van der Waals surface area contributed by atoms with Gasteiger partial charge in [0.05, 0.1) is 5.70 Å². The summed E-state index contributed by atoms with van der Waals surface area (Å²) in [5.74, 6) is 0. The standard InChI is InChI=1S/C17H13ClN2S/c1-19-16(12-7-3-2-4-8-12)15-13-9-5-6-10-14(13)21-17(15)20-11-18/h2-10H,1,11H2/b16-15-,20-17+. The van der Waals surface area contributed by atoms with E-state index in [0.29, 0.717) is 0 Å². The Morgan fingerprint density at radius 2 is 1.76 bits per heavy atom. The molecule has 21 heavy (non-hydrogen) atoms. The fraction of sp³-hybridized carbons (Fsp3) is 0.0588. The van der Waals surface area contributed by atoms with Gasteiger partial charge < -0.3 is 0 Å². The predicted octanol–water partition coefficient (Wildman–Crippen LogP) is 4.96. The SMILES string of the molecule is C=N/C(=C1\C(=N/CCl)Sc2ccccc21)c1ccccc1. The molecule has 1 aliphatic heterocycles. The first-order valence-electron chi connectivity index (χ1n) is 6.49. The summed E-state index contributed by atoms with van der Waals surface area (Å²) in [7, 11) is 0. The van der Waals surface area contributed by atoms with Gasteiger partial charge in [0.15, 0.2) is 0 Å². The van der Waals surface area contributed by atoms with E-state index < -0.39 is 0 Å². The molecule has 0 saturated carbocycles. The second kappa shape index (κ2) is 6.29. The molecule has 2 aromatic carbocycles. The number of hydrogen-bond donors (Lipinski definition) is 0. The van der Waals surface area contributed by atoms with E-state index in [1.807, 2.05) is 42.5 Å². The van der Waals surface area contributed by atoms with E-state index in [-0.39, 0.29) is 6.00 Å². The Hall–Kier alpha value is -1.84. The second-order valence-corrected chi connectivity index (χ2v) is 5.70. The lowest BCUT2D eigenvalue weighted by Crippen LogP contribution is -1.95. The maximum Gasteiger partial charge on any atom is 0.114 e. The number of fused-ring (bicyclic) bond motifs is 1. The van der Waals surface area contributed by atoms with Crippen LogP contribution >= 0.6 is 23.4 Å². The van der Waals surface area contributed by atoms with E-state index in [9.17, 15) is 0 Å². The molecular weight excluding hydrogens is 300 g/mol. The Labute approximate surface area is 133 Å². The molecule has 0 aromatic heterocycles. The van der Waals surface area contributed by atoms with Crippen LogP contribution in [0.15, 0.2) is 69.5 Å². The van der Waals surface area contributed by atoms with E-state index in [1.165, 1.54) is 4.90 Å². The summed E-state index contributed by atoms with van der Waals surface area (Å²) >= 11 is 7.44. The molecule has 2 nitrogen and oxygen atoms in total. The lowest BCUT2D eigenvalue weighted by atomic mass is 10.0. The van der Waals surface area contributed by atoms with E-state index in [0.717, 1.165) is 27.4 Å². The number of nitrogens with zero attached hydrogens (tertiary/aromatic N) is 2. The highest BCUT2D eigenvalue weighted by Gasteiger charge is 2.26. The number of rotatable bonds is 3. The minimum absolute atomic E-state index is 0.235. The predicted molar refractivity (Wildman–Crippen MR) is 93.3 cm³/mol. The third-order valence-electron chi connectivity index (χ3n) is 3.22. The minimum atomic E-state index is 0.235. The Kier molecular flexibility index (Phi) is 4.23. The van der Waals surface area contributed by atoms with Crippen molar-refractivity contribution in [2.75, 3.05) is 6.00 Å². The number of hydrogen-bond acceptors (Lipinski definition) is 3. The van der Waals surface area contributed by atoms with Crippen LogP contribution in [0.4, 0.5) is 0 Å². The molecule has 0 atom stereocenters. The van der Waals surface area contributed by atoms with Crippen LogP contribution in [0.25, 0.3) is 11.3 Å². The molecule has 0 spiro atoms. The number of thioether (sulfide) groups is 1. The van der Waals surface area contributed by atoms with Crippen molar-refractivity contribution >= 4 is 46.4 Å². The molecule has 1 aliphatic rings. The largest absolute Gasteiger partial charge is 0.263 e. The number of alkyl halides is 1. The maximum atomic E-state index is 5.81. The highest BCUT2D eigenvalue weighted by Crippen LogP contribution is 2.44. The zero-order valence-electron chi connectivity index (χ0n) is 11.3. The molecule has 0 radical (unpaired) electrons. The van der Waals surface area contributed by atoms with Gasteiger partial charge >= 0.3 is 0 Å². The van der Waals surface area contributed by atoms with Crippen LogP contribution in [-0.4, -0.2) is 17.8 Å². The van der Waals surface area contributed by atoms with E-state index in [4.69, 9.17) is 11.6 Å². The molecule has 104 valence electrons. The molecule has 0 bridgehead atoms. The highest BCUT2D eigenvalue weighted by molar-refractivity contribution is 8.15. The summed E-state index contributed by atoms with van der Waals surface area (Å²) in [6, 6.07) is 18.5. The molecule has 0 fully saturated rings. The molecule has 0 amide bonds. The molecular formula is C17H13ClN2S. The van der Waals surface area contributed by atoms with E-state index >= 15 is 0 Å². The van der Waals surface area contributed by atoms with Gasteiger partial charge in [-0.3, -0.25) is 9.98 Å². The molecule has 0 saturated heterocycles. The van der Waals surface area contributed by atoms with E-state index in [2.05, 4.69) is 28.8 Å². The fourth-order valence-corrected chi connectivity index (χ4v) is 3.60. The van der Waals surface area contributed by atoms with Crippen molar-refractivity contribution in [2.24, 2.45) is 9.98 Å². The third kappa shape index (κ3) is 2.67. The highest BCUT2D eigenvalue weighted by atomic mass is 35.5. The lowest BCUT2D eigenvalue weighted by Gasteiger charge is -2.08. The monoisotopic (exact) mass is 312 g/mol. The van der Waals surface area contributed by atoms with Crippen molar-refractivity contribution < 1.29 is 0 Å². The zero-order valence-corrected chi connectivity index (χ0v) is 12.9. The lowest BCUT2D eigenvalue weighted by molar-refractivity contribution is 1.38. The maximum absolute atomic E-state index is 5.81. The summed E-state index contributed by atoms with van der Waals surface area (Å²) < 4.78 is 0. The first-order valence-corrected chi connectivity index (χ1v) is 7.84. The Balaban J connectivity index is 2.27. The summed E-state index contributed by atoms with van der Waals surface area (Å²) in [5, 5.41) is 0.900. The van der Waals surface area contributed by atoms with Crippen molar-refractivity contribution in [3.63, 3.8) is 0 Å². The summed E-state index contributed by atoms with van der Waals surface area (Å²) in [4.78, 5) is 9.85. The first kappa shape index (κ1) is 14.1. The number of halogens is 1. The number of aliphatic imine (C=N–C) groups is 2. The second-order valence-electron chi connectivity index (χ2n) is 4.43. The van der Waals surface area contributed by atoms with Crippen molar-refractivity contribution in [1.82, 2.24) is 0 Å². The van der Waals surface area contributed by atoms with Crippen molar-refractivity contribution in [3.8, 4) is 0 Å². The molecule has 1 heterocycles. The minimum Gasteiger partial charge on any atom is -0.263 e. The molecule has 2 aromatic rings. The smallest absolute Gasteiger partial charge is 0.114 e. The summed E-state index contributed by atoms with van der Waals surface area (Å²) in [6.45, 7) is 3.74. The van der Waals surface area contributed by atoms with Gasteiger partial charge in [-0.2, -0.15) is 0 Å². The van der Waals surface area contributed by atoms with Gasteiger partial charge in [-0.1, -0.05) is 60.3 Å². The van der Waals surface area contributed by atoms with Gasteiger partial charge in [-0.05, 0) is 12.8 Å². The summed E-state index contributed by atoms with van der Waals surface area (Å²) in [5.41, 5.74) is 4.02. The average molecular weight is 313 g/mol. The van der Waals surface area contributed by atoms with Crippen LogP contribution in [0.3, 0.4) is 0 Å². The van der Waals surface area contributed by atoms with Gasteiger partial charge in [-0.25, -0.2) is 0 Å². The van der Waals surface area contributed by atoms with Crippen LogP contribution in [0, 0.1) is 0 Å². The first-order chi connectivity index (χ1) is 10.3. The molecule has 0 N–H and O–H groups in total. The fourth-order valence-electron chi connectivity index (χ4n) is 2.34. The summed E-state index contributed by atoms with van der Waals surface area (Å²) in [6.07, 6.45) is 0. The molecule has 3 rings (SSSR count). The van der Waals surface area contributed by atoms with Gasteiger partial charge in [0.25, 0.3) is 0 Å². The van der Waals surface area contributed by atoms with Gasteiger partial charge in [0.2, 0.25) is 0 Å². The average Bonchev–Trinajstić information content (AvgIpc) is 2.88. The van der Waals surface area contributed by atoms with Gasteiger partial charge in [-0.15, -0.1) is 11.6 Å². The third-order valence-corrected chi connectivity index (χ3v) is 4.44. The van der Waals surface area contributed by atoms with Crippen LogP contribution < -0.4 is 0 Å². The van der Waals surface area contributed by atoms with Crippen LogP contribution in [0.1, 0.15) is 11.1 Å². The quantitative estimate of drug-likeness (QED) is 0.447. The topological polar surface area (TPSA) is 24.7 Å². The number of benzene rings is 2. The van der Waals surface area contributed by atoms with Crippen LogP contribution in [-0.2, 0) is 0 Å². The van der Waals surface area contributed by atoms with Gasteiger partial charge in [0, 0.05) is 21.6 Å². The van der Waals surface area contributed by atoms with Crippen molar-refractivity contribution in [2.45, 2.75) is 4.90 Å².